The molecule has 106 valence electrons. The molecule has 0 atom stereocenters. The Labute approximate surface area is 115 Å². The van der Waals surface area contributed by atoms with Crippen molar-refractivity contribution in [2.75, 3.05) is 11.9 Å². The average Bonchev–Trinajstić information content (AvgIpc) is 2.37. The second-order valence-corrected chi connectivity index (χ2v) is 4.10. The number of aromatic nitrogens is 2. The third kappa shape index (κ3) is 3.63. The van der Waals surface area contributed by atoms with Gasteiger partial charge in [0, 0.05) is 37.2 Å². The second-order valence-electron chi connectivity index (χ2n) is 4.10. The molecule has 0 amide bonds. The van der Waals surface area contributed by atoms with Crippen LogP contribution in [0.3, 0.4) is 0 Å². The van der Waals surface area contributed by atoms with Crippen molar-refractivity contribution in [3.8, 4) is 11.6 Å². The van der Waals surface area contributed by atoms with Crippen LogP contribution in [0.5, 0.6) is 11.6 Å². The predicted molar refractivity (Wildman–Crippen MR) is 72.0 cm³/mol. The first-order valence-corrected chi connectivity index (χ1v) is 6.36. The molecule has 0 bridgehead atoms. The number of nitrogens with one attached hydrogen (secondary N) is 1. The maximum Gasteiger partial charge on any atom is 0.224 e. The zero-order valence-electron chi connectivity index (χ0n) is 11.3. The van der Waals surface area contributed by atoms with Crippen molar-refractivity contribution in [1.29, 1.82) is 0 Å². The normalized spacial score (nSPS) is 10.4. The molecule has 4 nitrogen and oxygen atoms in total. The van der Waals surface area contributed by atoms with E-state index in [1.54, 1.807) is 6.07 Å². The topological polar surface area (TPSA) is 47.0 Å². The van der Waals surface area contributed by atoms with E-state index < -0.39 is 11.6 Å². The summed E-state index contributed by atoms with van der Waals surface area (Å²) in [6.45, 7) is 4.56. The predicted octanol–water partition coefficient (Wildman–Crippen LogP) is 3.54. The number of nitrogens with zero attached hydrogens (tertiary/aromatic N) is 2. The average molecular weight is 279 g/mol. The minimum Gasteiger partial charge on any atom is -0.439 e. The van der Waals surface area contributed by atoms with E-state index in [1.165, 1.54) is 0 Å². The molecule has 0 unspecified atom stereocenters. The molecule has 0 aliphatic carbocycles. The van der Waals surface area contributed by atoms with E-state index in [0.717, 1.165) is 18.2 Å². The van der Waals surface area contributed by atoms with Gasteiger partial charge in [0.2, 0.25) is 5.88 Å². The Bertz CT molecular complexity index is 585. The minimum atomic E-state index is -0.698. The van der Waals surface area contributed by atoms with Crippen LogP contribution in [-0.2, 0) is 6.42 Å². The first-order valence-electron chi connectivity index (χ1n) is 6.36. The van der Waals surface area contributed by atoms with Gasteiger partial charge in [0.25, 0.3) is 0 Å². The summed E-state index contributed by atoms with van der Waals surface area (Å²) >= 11 is 0. The van der Waals surface area contributed by atoms with Gasteiger partial charge in [-0.3, -0.25) is 0 Å². The van der Waals surface area contributed by atoms with Gasteiger partial charge in [-0.25, -0.2) is 13.8 Å². The zero-order valence-corrected chi connectivity index (χ0v) is 11.3. The van der Waals surface area contributed by atoms with Crippen LogP contribution >= 0.6 is 0 Å². The van der Waals surface area contributed by atoms with Gasteiger partial charge in [-0.15, -0.1) is 0 Å². The zero-order chi connectivity index (χ0) is 14.5. The molecule has 20 heavy (non-hydrogen) atoms. The smallest absolute Gasteiger partial charge is 0.224 e. The summed E-state index contributed by atoms with van der Waals surface area (Å²) in [6, 6.07) is 4.58. The number of hydrogen-bond acceptors (Lipinski definition) is 4. The van der Waals surface area contributed by atoms with Crippen LogP contribution in [-0.4, -0.2) is 16.5 Å². The molecule has 2 rings (SSSR count). The van der Waals surface area contributed by atoms with E-state index >= 15 is 0 Å². The highest BCUT2D eigenvalue weighted by Crippen LogP contribution is 2.23. The molecule has 0 aliphatic heterocycles. The molecule has 0 aliphatic rings. The van der Waals surface area contributed by atoms with Gasteiger partial charge < -0.3 is 10.1 Å². The van der Waals surface area contributed by atoms with Crippen LogP contribution in [0.2, 0.25) is 0 Å². The molecular weight excluding hydrogens is 264 g/mol. The molecule has 0 spiro atoms. The Kier molecular flexibility index (Phi) is 4.45. The Hall–Kier alpha value is -2.24. The summed E-state index contributed by atoms with van der Waals surface area (Å²) in [6.07, 6.45) is 0.632. The molecule has 1 heterocycles. The number of rotatable bonds is 5. The molecule has 0 fully saturated rings. The van der Waals surface area contributed by atoms with Gasteiger partial charge in [0.1, 0.15) is 29.0 Å². The van der Waals surface area contributed by atoms with Crippen molar-refractivity contribution in [3.05, 3.63) is 41.7 Å². The van der Waals surface area contributed by atoms with Crippen molar-refractivity contribution in [1.82, 2.24) is 9.97 Å². The second kappa shape index (κ2) is 6.27. The van der Waals surface area contributed by atoms with Gasteiger partial charge in [-0.05, 0) is 6.92 Å². The maximum absolute atomic E-state index is 13.1. The van der Waals surface area contributed by atoms with Crippen molar-refractivity contribution < 1.29 is 13.5 Å². The van der Waals surface area contributed by atoms with Crippen LogP contribution in [0.4, 0.5) is 14.6 Å². The first kappa shape index (κ1) is 14.2. The lowest BCUT2D eigenvalue weighted by Gasteiger charge is -2.09. The molecule has 1 N–H and O–H groups in total. The quantitative estimate of drug-likeness (QED) is 0.909. The van der Waals surface area contributed by atoms with E-state index in [1.807, 2.05) is 13.8 Å². The summed E-state index contributed by atoms with van der Waals surface area (Å²) in [4.78, 5) is 8.44. The van der Waals surface area contributed by atoms with Gasteiger partial charge in [0.15, 0.2) is 0 Å². The fourth-order valence-corrected chi connectivity index (χ4v) is 1.66. The van der Waals surface area contributed by atoms with Gasteiger partial charge >= 0.3 is 0 Å². The highest BCUT2D eigenvalue weighted by atomic mass is 19.1. The number of ether oxygens (including phenoxy) is 1. The Morgan fingerprint density at radius 1 is 1.05 bits per heavy atom. The number of hydrogen-bond donors (Lipinski definition) is 1. The lowest BCUT2D eigenvalue weighted by molar-refractivity contribution is 0.448. The molecule has 6 heteroatoms. The molecule has 1 aromatic carbocycles. The van der Waals surface area contributed by atoms with Crippen molar-refractivity contribution >= 4 is 5.82 Å². The molecule has 0 radical (unpaired) electrons. The molecule has 1 aromatic heterocycles. The molecule has 0 saturated heterocycles. The monoisotopic (exact) mass is 279 g/mol. The largest absolute Gasteiger partial charge is 0.439 e. The highest BCUT2D eigenvalue weighted by Gasteiger charge is 2.07. The number of benzene rings is 1. The van der Waals surface area contributed by atoms with Crippen LogP contribution in [0.15, 0.2) is 24.3 Å². The Morgan fingerprint density at radius 3 is 2.35 bits per heavy atom. The van der Waals surface area contributed by atoms with Crippen molar-refractivity contribution in [2.24, 2.45) is 0 Å². The number of anilines is 1. The summed E-state index contributed by atoms with van der Waals surface area (Å²) in [5.74, 6) is 0.124. The van der Waals surface area contributed by atoms with Crippen LogP contribution in [0.1, 0.15) is 19.7 Å². The van der Waals surface area contributed by atoms with Crippen molar-refractivity contribution in [3.63, 3.8) is 0 Å². The fraction of sp³-hybridized carbons (Fsp3) is 0.286. The van der Waals surface area contributed by atoms with Crippen LogP contribution in [0.25, 0.3) is 0 Å². The Balaban J connectivity index is 2.29. The van der Waals surface area contributed by atoms with Crippen LogP contribution < -0.4 is 10.1 Å². The first-order chi connectivity index (χ1) is 9.60. The summed E-state index contributed by atoms with van der Waals surface area (Å²) in [5, 5.41) is 3.05. The van der Waals surface area contributed by atoms with E-state index in [4.69, 9.17) is 4.74 Å². The van der Waals surface area contributed by atoms with E-state index in [-0.39, 0.29) is 11.6 Å². The number of aryl methyl sites for hydroxylation is 1. The van der Waals surface area contributed by atoms with Crippen molar-refractivity contribution in [2.45, 2.75) is 20.3 Å². The van der Waals surface area contributed by atoms with Gasteiger partial charge in [0.05, 0.1) is 0 Å². The minimum absolute atomic E-state index is 0.0608. The standard InChI is InChI=1S/C14H15F2N3O/c1-3-12-18-13(17-4-2)8-14(19-12)20-11-6-9(15)5-10(16)7-11/h5-8H,3-4H2,1-2H3,(H,17,18,19). The molecule has 2 aromatic rings. The fourth-order valence-electron chi connectivity index (χ4n) is 1.66. The third-order valence-electron chi connectivity index (χ3n) is 2.48. The van der Waals surface area contributed by atoms with E-state index in [0.29, 0.717) is 24.6 Å². The maximum atomic E-state index is 13.1. The summed E-state index contributed by atoms with van der Waals surface area (Å²) in [5.41, 5.74) is 0. The summed E-state index contributed by atoms with van der Waals surface area (Å²) in [7, 11) is 0. The highest BCUT2D eigenvalue weighted by molar-refractivity contribution is 5.40. The van der Waals surface area contributed by atoms with E-state index in [2.05, 4.69) is 15.3 Å². The Morgan fingerprint density at radius 2 is 1.75 bits per heavy atom. The SMILES string of the molecule is CCNc1cc(Oc2cc(F)cc(F)c2)nc(CC)n1. The molecular formula is C14H15F2N3O. The van der Waals surface area contributed by atoms with Gasteiger partial charge in [-0.2, -0.15) is 4.98 Å². The lowest BCUT2D eigenvalue weighted by Crippen LogP contribution is -2.04. The lowest BCUT2D eigenvalue weighted by atomic mass is 10.3. The van der Waals surface area contributed by atoms with E-state index in [9.17, 15) is 8.78 Å². The number of halogens is 2. The third-order valence-corrected chi connectivity index (χ3v) is 2.48. The summed E-state index contributed by atoms with van der Waals surface area (Å²) < 4.78 is 31.6. The molecule has 0 saturated carbocycles. The van der Waals surface area contributed by atoms with Crippen LogP contribution in [0, 0.1) is 11.6 Å². The van der Waals surface area contributed by atoms with Gasteiger partial charge in [-0.1, -0.05) is 6.92 Å².